The second kappa shape index (κ2) is 10.1. The summed E-state index contributed by atoms with van der Waals surface area (Å²) in [4.78, 5) is 23.4. The molecule has 0 aliphatic carbocycles. The fourth-order valence-electron chi connectivity index (χ4n) is 3.35. The van der Waals surface area contributed by atoms with Crippen LogP contribution in [0.5, 0.6) is 5.75 Å². The Bertz CT molecular complexity index is 1110. The van der Waals surface area contributed by atoms with Gasteiger partial charge < -0.3 is 14.8 Å². The van der Waals surface area contributed by atoms with Crippen LogP contribution in [-0.4, -0.2) is 51.4 Å². The van der Waals surface area contributed by atoms with Gasteiger partial charge >= 0.3 is 5.97 Å². The van der Waals surface area contributed by atoms with Crippen LogP contribution in [0.1, 0.15) is 35.2 Å². The molecular formula is C22H25FN2O6S. The lowest BCUT2D eigenvalue weighted by Crippen LogP contribution is -2.36. The number of methoxy groups -OCH3 is 1. The molecule has 2 aromatic carbocycles. The van der Waals surface area contributed by atoms with Gasteiger partial charge in [-0.15, -0.1) is 0 Å². The van der Waals surface area contributed by atoms with Crippen molar-refractivity contribution in [1.82, 2.24) is 4.31 Å². The number of rotatable bonds is 7. The topological polar surface area (TPSA) is 102 Å². The summed E-state index contributed by atoms with van der Waals surface area (Å²) in [6, 6.07) is 8.09. The Morgan fingerprint density at radius 3 is 2.47 bits per heavy atom. The van der Waals surface area contributed by atoms with E-state index in [-0.39, 0.29) is 12.2 Å². The van der Waals surface area contributed by atoms with Crippen LogP contribution in [0.4, 0.5) is 10.1 Å². The Morgan fingerprint density at radius 2 is 1.81 bits per heavy atom. The summed E-state index contributed by atoms with van der Waals surface area (Å²) in [7, 11) is -2.77. The summed E-state index contributed by atoms with van der Waals surface area (Å²) in [5.41, 5.74) is 1.14. The average Bonchev–Trinajstić information content (AvgIpc) is 2.79. The first-order valence-electron chi connectivity index (χ1n) is 10.1. The molecule has 8 nitrogen and oxygen atoms in total. The molecule has 0 bridgehead atoms. The van der Waals surface area contributed by atoms with Gasteiger partial charge in [-0.1, -0.05) is 6.42 Å². The first-order chi connectivity index (χ1) is 15.2. The van der Waals surface area contributed by atoms with Crippen LogP contribution in [0.2, 0.25) is 0 Å². The van der Waals surface area contributed by atoms with Gasteiger partial charge in [0.1, 0.15) is 16.5 Å². The number of hydrogen-bond acceptors (Lipinski definition) is 6. The molecule has 0 spiro atoms. The molecule has 0 unspecified atom stereocenters. The molecule has 1 aliphatic rings. The van der Waals surface area contributed by atoms with Crippen LogP contribution in [0, 0.1) is 12.7 Å². The zero-order chi connectivity index (χ0) is 23.3. The molecular weight excluding hydrogens is 439 g/mol. The summed E-state index contributed by atoms with van der Waals surface area (Å²) in [5, 5.41) is 2.69. The molecule has 172 valence electrons. The molecule has 1 saturated heterocycles. The van der Waals surface area contributed by atoms with Crippen LogP contribution >= 0.6 is 0 Å². The molecule has 1 heterocycles. The number of anilines is 1. The standard InChI is InChI=1S/C22H25FN2O6S/c1-15-12-17(31-14-21(26)30-2)7-9-19(15)24-22(27)16-6-8-18(23)20(13-16)32(28,29)25-10-4-3-5-11-25/h6-9,12-13H,3-5,10-11,14H2,1-2H3,(H,24,27). The van der Waals surface area contributed by atoms with Crippen molar-refractivity contribution >= 4 is 27.6 Å². The molecule has 32 heavy (non-hydrogen) atoms. The molecule has 0 radical (unpaired) electrons. The highest BCUT2D eigenvalue weighted by Gasteiger charge is 2.29. The third-order valence-corrected chi connectivity index (χ3v) is 7.07. The minimum absolute atomic E-state index is 0.0207. The number of nitrogens with zero attached hydrogens (tertiary/aromatic N) is 1. The number of nitrogens with one attached hydrogen (secondary N) is 1. The van der Waals surface area contributed by atoms with E-state index in [1.807, 2.05) is 0 Å². The van der Waals surface area contributed by atoms with Gasteiger partial charge in [-0.25, -0.2) is 17.6 Å². The third kappa shape index (κ3) is 5.43. The van der Waals surface area contributed by atoms with Crippen molar-refractivity contribution in [1.29, 1.82) is 0 Å². The number of ether oxygens (including phenoxy) is 2. The first kappa shape index (κ1) is 23.7. The fraction of sp³-hybridized carbons (Fsp3) is 0.364. The number of aryl methyl sites for hydroxylation is 1. The Hall–Kier alpha value is -2.98. The Balaban J connectivity index is 1.77. The number of esters is 1. The van der Waals surface area contributed by atoms with E-state index in [1.165, 1.54) is 17.5 Å². The van der Waals surface area contributed by atoms with Crippen LogP contribution < -0.4 is 10.1 Å². The summed E-state index contributed by atoms with van der Waals surface area (Å²) in [6.07, 6.45) is 2.38. The number of hydrogen-bond donors (Lipinski definition) is 1. The van der Waals surface area contributed by atoms with E-state index in [1.54, 1.807) is 25.1 Å². The predicted molar refractivity (Wildman–Crippen MR) is 116 cm³/mol. The number of amides is 1. The molecule has 1 aliphatic heterocycles. The van der Waals surface area contributed by atoms with Crippen molar-refractivity contribution in [2.75, 3.05) is 32.1 Å². The average molecular weight is 465 g/mol. The van der Waals surface area contributed by atoms with E-state index in [0.29, 0.717) is 30.1 Å². The van der Waals surface area contributed by atoms with E-state index in [9.17, 15) is 22.4 Å². The van der Waals surface area contributed by atoms with Crippen molar-refractivity contribution in [3.8, 4) is 5.75 Å². The van der Waals surface area contributed by atoms with Crippen LogP contribution in [0.3, 0.4) is 0 Å². The molecule has 1 fully saturated rings. The smallest absolute Gasteiger partial charge is 0.343 e. The van der Waals surface area contributed by atoms with Gasteiger partial charge in [-0.05, 0) is 61.7 Å². The second-order valence-corrected chi connectivity index (χ2v) is 9.31. The van der Waals surface area contributed by atoms with Gasteiger partial charge in [0, 0.05) is 24.3 Å². The number of piperidine rings is 1. The Kier molecular flexibility index (Phi) is 7.47. The van der Waals surface area contributed by atoms with Gasteiger partial charge in [0.15, 0.2) is 6.61 Å². The SMILES string of the molecule is COC(=O)COc1ccc(NC(=O)c2ccc(F)c(S(=O)(=O)N3CCCCC3)c2)c(C)c1. The van der Waals surface area contributed by atoms with E-state index >= 15 is 0 Å². The Labute approximate surface area is 186 Å². The fourth-order valence-corrected chi connectivity index (χ4v) is 4.96. The summed E-state index contributed by atoms with van der Waals surface area (Å²) >= 11 is 0. The number of carbonyl (C=O) groups is 2. The molecule has 0 aromatic heterocycles. The van der Waals surface area contributed by atoms with Crippen LogP contribution in [0.25, 0.3) is 0 Å². The largest absolute Gasteiger partial charge is 0.482 e. The van der Waals surface area contributed by atoms with Crippen molar-refractivity contribution < 1.29 is 31.9 Å². The van der Waals surface area contributed by atoms with Gasteiger partial charge in [-0.3, -0.25) is 4.79 Å². The van der Waals surface area contributed by atoms with Gasteiger partial charge in [-0.2, -0.15) is 4.31 Å². The maximum Gasteiger partial charge on any atom is 0.343 e. The van der Waals surface area contributed by atoms with Crippen molar-refractivity contribution in [2.45, 2.75) is 31.1 Å². The summed E-state index contributed by atoms with van der Waals surface area (Å²) < 4.78 is 51.2. The lowest BCUT2D eigenvalue weighted by molar-refractivity contribution is -0.142. The minimum atomic E-state index is -4.03. The highest BCUT2D eigenvalue weighted by Crippen LogP contribution is 2.26. The first-order valence-corrected chi connectivity index (χ1v) is 11.6. The number of carbonyl (C=O) groups excluding carboxylic acids is 2. The van der Waals surface area contributed by atoms with Crippen LogP contribution in [0.15, 0.2) is 41.3 Å². The van der Waals surface area contributed by atoms with Crippen molar-refractivity contribution in [3.63, 3.8) is 0 Å². The molecule has 0 atom stereocenters. The molecule has 0 saturated carbocycles. The zero-order valence-corrected chi connectivity index (χ0v) is 18.7. The quantitative estimate of drug-likeness (QED) is 0.632. The highest BCUT2D eigenvalue weighted by molar-refractivity contribution is 7.89. The van der Waals surface area contributed by atoms with E-state index < -0.39 is 32.6 Å². The van der Waals surface area contributed by atoms with E-state index in [0.717, 1.165) is 31.4 Å². The van der Waals surface area contributed by atoms with E-state index in [2.05, 4.69) is 10.1 Å². The van der Waals surface area contributed by atoms with E-state index in [4.69, 9.17) is 4.74 Å². The normalized spacial score (nSPS) is 14.6. The highest BCUT2D eigenvalue weighted by atomic mass is 32.2. The monoisotopic (exact) mass is 464 g/mol. The number of benzene rings is 2. The van der Waals surface area contributed by atoms with Gasteiger partial charge in [0.05, 0.1) is 7.11 Å². The van der Waals surface area contributed by atoms with Gasteiger partial charge in [0.2, 0.25) is 10.0 Å². The van der Waals surface area contributed by atoms with Crippen molar-refractivity contribution in [2.24, 2.45) is 0 Å². The molecule has 1 amide bonds. The van der Waals surface area contributed by atoms with Crippen LogP contribution in [-0.2, 0) is 19.6 Å². The maximum atomic E-state index is 14.4. The third-order valence-electron chi connectivity index (χ3n) is 5.16. The zero-order valence-electron chi connectivity index (χ0n) is 17.9. The second-order valence-electron chi connectivity index (χ2n) is 7.41. The molecule has 3 rings (SSSR count). The predicted octanol–water partition coefficient (Wildman–Crippen LogP) is 3.11. The van der Waals surface area contributed by atoms with Gasteiger partial charge in [0.25, 0.3) is 5.91 Å². The minimum Gasteiger partial charge on any atom is -0.482 e. The molecule has 2 aromatic rings. The lowest BCUT2D eigenvalue weighted by Gasteiger charge is -2.26. The Morgan fingerprint density at radius 1 is 1.09 bits per heavy atom. The molecule has 1 N–H and O–H groups in total. The maximum absolute atomic E-state index is 14.4. The summed E-state index contributed by atoms with van der Waals surface area (Å²) in [5.74, 6) is -1.57. The lowest BCUT2D eigenvalue weighted by atomic mass is 10.1. The molecule has 10 heteroatoms. The number of halogens is 1. The van der Waals surface area contributed by atoms with Crippen molar-refractivity contribution in [3.05, 3.63) is 53.3 Å². The summed E-state index contributed by atoms with van der Waals surface area (Å²) in [6.45, 7) is 2.16. The number of sulfonamides is 1.